The number of benzene rings is 1. The maximum absolute atomic E-state index is 9.39. The van der Waals surface area contributed by atoms with Crippen molar-refractivity contribution in [3.05, 3.63) is 34.3 Å². The van der Waals surface area contributed by atoms with Gasteiger partial charge in [0.25, 0.3) is 0 Å². The van der Waals surface area contributed by atoms with Crippen molar-refractivity contribution in [2.75, 3.05) is 7.05 Å². The Morgan fingerprint density at radius 3 is 2.60 bits per heavy atom. The molecular weight excluding hydrogens is 312 g/mol. The summed E-state index contributed by atoms with van der Waals surface area (Å²) in [6, 6.07) is 11.4. The first kappa shape index (κ1) is 15.5. The zero-order valence-corrected chi connectivity index (χ0v) is 13.9. The minimum atomic E-state index is 0.193. The first-order valence-corrected chi connectivity index (χ1v) is 8.27. The van der Waals surface area contributed by atoms with Crippen LogP contribution in [0.15, 0.2) is 28.7 Å². The summed E-state index contributed by atoms with van der Waals surface area (Å²) in [7, 11) is 2.16. The molecule has 3 atom stereocenters. The minimum Gasteiger partial charge on any atom is -0.298 e. The second kappa shape index (κ2) is 7.24. The van der Waals surface area contributed by atoms with Crippen molar-refractivity contribution >= 4 is 15.9 Å². The van der Waals surface area contributed by atoms with Crippen LogP contribution in [0, 0.1) is 23.2 Å². The fraction of sp³-hybridized carbons (Fsp3) is 0.588. The van der Waals surface area contributed by atoms with Gasteiger partial charge in [-0.1, -0.05) is 41.4 Å². The van der Waals surface area contributed by atoms with Crippen LogP contribution in [0.4, 0.5) is 0 Å². The molecule has 3 unspecified atom stereocenters. The lowest BCUT2D eigenvalue weighted by Gasteiger charge is -2.38. The van der Waals surface area contributed by atoms with E-state index < -0.39 is 0 Å². The summed E-state index contributed by atoms with van der Waals surface area (Å²) in [6.45, 7) is 3.19. The van der Waals surface area contributed by atoms with E-state index >= 15 is 0 Å². The Morgan fingerprint density at radius 1 is 1.30 bits per heavy atom. The second-order valence-corrected chi connectivity index (χ2v) is 6.85. The summed E-state index contributed by atoms with van der Waals surface area (Å²) in [4.78, 5) is 2.37. The molecule has 0 spiro atoms. The number of rotatable bonds is 4. The van der Waals surface area contributed by atoms with Crippen LogP contribution in [-0.2, 0) is 6.54 Å². The van der Waals surface area contributed by atoms with Gasteiger partial charge < -0.3 is 0 Å². The normalized spacial score (nSPS) is 26.4. The van der Waals surface area contributed by atoms with Crippen LogP contribution >= 0.6 is 15.9 Å². The van der Waals surface area contributed by atoms with Crippen LogP contribution in [0.2, 0.25) is 0 Å². The van der Waals surface area contributed by atoms with Crippen molar-refractivity contribution in [3.8, 4) is 6.07 Å². The third kappa shape index (κ3) is 3.84. The van der Waals surface area contributed by atoms with Gasteiger partial charge in [0, 0.05) is 17.1 Å². The predicted molar refractivity (Wildman–Crippen MR) is 86.1 cm³/mol. The van der Waals surface area contributed by atoms with Gasteiger partial charge in [0.05, 0.1) is 12.0 Å². The van der Waals surface area contributed by atoms with E-state index in [1.54, 1.807) is 0 Å². The Labute approximate surface area is 130 Å². The summed E-state index contributed by atoms with van der Waals surface area (Å²) in [5.41, 5.74) is 1.31. The van der Waals surface area contributed by atoms with Crippen molar-refractivity contribution in [3.63, 3.8) is 0 Å². The van der Waals surface area contributed by atoms with Crippen LogP contribution in [0.25, 0.3) is 0 Å². The summed E-state index contributed by atoms with van der Waals surface area (Å²) >= 11 is 3.47. The third-order valence-electron chi connectivity index (χ3n) is 4.58. The van der Waals surface area contributed by atoms with Gasteiger partial charge in [-0.3, -0.25) is 4.90 Å². The van der Waals surface area contributed by atoms with E-state index in [-0.39, 0.29) is 5.92 Å². The van der Waals surface area contributed by atoms with Crippen molar-refractivity contribution in [2.45, 2.75) is 45.2 Å². The van der Waals surface area contributed by atoms with E-state index in [1.165, 1.54) is 24.8 Å². The third-order valence-corrected chi connectivity index (χ3v) is 5.11. The molecule has 1 aliphatic rings. The van der Waals surface area contributed by atoms with Crippen LogP contribution in [0.3, 0.4) is 0 Å². The molecule has 0 saturated heterocycles. The average Bonchev–Trinajstić information content (AvgIpc) is 2.48. The highest BCUT2D eigenvalue weighted by atomic mass is 79.9. The molecular formula is C17H23BrN2. The Hall–Kier alpha value is -0.850. The monoisotopic (exact) mass is 334 g/mol. The summed E-state index contributed by atoms with van der Waals surface area (Å²) in [6.07, 6.45) is 4.68. The van der Waals surface area contributed by atoms with Crippen LogP contribution < -0.4 is 0 Å². The van der Waals surface area contributed by atoms with E-state index in [2.05, 4.69) is 65.1 Å². The van der Waals surface area contributed by atoms with Crippen LogP contribution in [-0.4, -0.2) is 18.0 Å². The molecule has 1 aromatic rings. The summed E-state index contributed by atoms with van der Waals surface area (Å²) in [5, 5.41) is 9.39. The molecule has 0 bridgehead atoms. The molecule has 108 valence electrons. The van der Waals surface area contributed by atoms with Gasteiger partial charge in [-0.2, -0.15) is 5.26 Å². The molecule has 0 radical (unpaired) electrons. The number of hydrogen-bond acceptors (Lipinski definition) is 2. The van der Waals surface area contributed by atoms with Crippen molar-refractivity contribution in [1.82, 2.24) is 4.90 Å². The number of halogens is 1. The maximum atomic E-state index is 9.39. The molecule has 0 aliphatic heterocycles. The molecule has 1 saturated carbocycles. The lowest BCUT2D eigenvalue weighted by Crippen LogP contribution is -2.41. The number of nitrogens with zero attached hydrogens (tertiary/aromatic N) is 2. The lowest BCUT2D eigenvalue weighted by molar-refractivity contribution is 0.118. The molecule has 1 fully saturated rings. The predicted octanol–water partition coefficient (Wildman–Crippen LogP) is 4.60. The zero-order valence-electron chi connectivity index (χ0n) is 12.3. The molecule has 1 aliphatic carbocycles. The number of nitriles is 1. The van der Waals surface area contributed by atoms with E-state index in [9.17, 15) is 5.26 Å². The highest BCUT2D eigenvalue weighted by Gasteiger charge is 2.32. The van der Waals surface area contributed by atoms with Gasteiger partial charge in [0.2, 0.25) is 0 Å². The number of hydrogen-bond donors (Lipinski definition) is 0. The van der Waals surface area contributed by atoms with Crippen molar-refractivity contribution in [1.29, 1.82) is 5.26 Å². The Kier molecular flexibility index (Phi) is 5.63. The molecule has 3 heteroatoms. The van der Waals surface area contributed by atoms with E-state index in [0.29, 0.717) is 6.04 Å². The van der Waals surface area contributed by atoms with Crippen LogP contribution in [0.1, 0.15) is 38.2 Å². The van der Waals surface area contributed by atoms with Gasteiger partial charge in [-0.25, -0.2) is 0 Å². The fourth-order valence-electron chi connectivity index (χ4n) is 3.23. The first-order chi connectivity index (χ1) is 9.63. The Balaban J connectivity index is 2.03. The highest BCUT2D eigenvalue weighted by Crippen LogP contribution is 2.33. The summed E-state index contributed by atoms with van der Waals surface area (Å²) < 4.78 is 1.11. The first-order valence-electron chi connectivity index (χ1n) is 7.48. The van der Waals surface area contributed by atoms with Crippen LogP contribution in [0.5, 0.6) is 0 Å². The molecule has 1 aromatic carbocycles. The topological polar surface area (TPSA) is 27.0 Å². The molecule has 2 nitrogen and oxygen atoms in total. The lowest BCUT2D eigenvalue weighted by atomic mass is 9.77. The second-order valence-electron chi connectivity index (χ2n) is 5.93. The van der Waals surface area contributed by atoms with E-state index in [4.69, 9.17) is 0 Å². The standard InChI is InChI=1S/C17H23BrN2/c1-3-13-4-7-15(11-19)17(10-13)20(2)12-14-5-8-16(18)9-6-14/h5-6,8-9,13,15,17H,3-4,7,10,12H2,1-2H3. The molecule has 0 amide bonds. The molecule has 2 rings (SSSR count). The van der Waals surface area contributed by atoms with Gasteiger partial charge in [-0.15, -0.1) is 0 Å². The molecule has 0 aromatic heterocycles. The Bertz CT molecular complexity index is 463. The quantitative estimate of drug-likeness (QED) is 0.804. The minimum absolute atomic E-state index is 0.193. The van der Waals surface area contributed by atoms with Crippen molar-refractivity contribution in [2.24, 2.45) is 11.8 Å². The smallest absolute Gasteiger partial charge is 0.0672 e. The molecule has 0 N–H and O–H groups in total. The van der Waals surface area contributed by atoms with Crippen molar-refractivity contribution < 1.29 is 0 Å². The van der Waals surface area contributed by atoms with Gasteiger partial charge in [-0.05, 0) is 49.9 Å². The SMILES string of the molecule is CCC1CCC(C#N)C(N(C)Cc2ccc(Br)cc2)C1. The Morgan fingerprint density at radius 2 is 2.00 bits per heavy atom. The maximum Gasteiger partial charge on any atom is 0.0672 e. The van der Waals surface area contributed by atoms with Gasteiger partial charge in [0.1, 0.15) is 0 Å². The van der Waals surface area contributed by atoms with E-state index in [1.807, 2.05) is 0 Å². The molecule has 20 heavy (non-hydrogen) atoms. The van der Waals surface area contributed by atoms with E-state index in [0.717, 1.165) is 23.4 Å². The zero-order chi connectivity index (χ0) is 14.5. The van der Waals surface area contributed by atoms with Gasteiger partial charge in [0.15, 0.2) is 0 Å². The highest BCUT2D eigenvalue weighted by molar-refractivity contribution is 9.10. The summed E-state index contributed by atoms with van der Waals surface area (Å²) in [5.74, 6) is 0.982. The van der Waals surface area contributed by atoms with Gasteiger partial charge >= 0.3 is 0 Å². The molecule has 0 heterocycles. The fourth-order valence-corrected chi connectivity index (χ4v) is 3.50. The average molecular weight is 335 g/mol. The largest absolute Gasteiger partial charge is 0.298 e.